The normalized spacial score (nSPS) is 11.3. The molecule has 7 aromatic rings. The molecular weight excluding hydrogens is 438 g/mol. The first-order chi connectivity index (χ1) is 17.9. The van der Waals surface area contributed by atoms with Gasteiger partial charge >= 0.3 is 0 Å². The lowest BCUT2D eigenvalue weighted by molar-refractivity contribution is 1.30. The zero-order valence-electron chi connectivity index (χ0n) is 19.5. The number of para-hydroxylation sites is 2. The lowest BCUT2D eigenvalue weighted by atomic mass is 9.87. The average molecular weight is 460 g/mol. The highest BCUT2D eigenvalue weighted by molar-refractivity contribution is 6.22. The molecule has 5 aromatic carbocycles. The predicted molar refractivity (Wildman–Crippen MR) is 149 cm³/mol. The molecule has 2 aromatic heterocycles. The van der Waals surface area contributed by atoms with Gasteiger partial charge in [0.2, 0.25) is 0 Å². The maximum Gasteiger partial charge on any atom is 0.0985 e. The van der Waals surface area contributed by atoms with Gasteiger partial charge in [0.25, 0.3) is 0 Å². The minimum Gasteiger partial charge on any atom is -0.264 e. The minimum absolute atomic E-state index is 0.886. The highest BCUT2D eigenvalue weighted by atomic mass is 14.8. The summed E-state index contributed by atoms with van der Waals surface area (Å²) in [6.07, 6.45) is 3.76. The van der Waals surface area contributed by atoms with E-state index in [0.29, 0.717) is 0 Å². The maximum absolute atomic E-state index is 5.25. The second-order valence-electron chi connectivity index (χ2n) is 8.86. The molecule has 0 saturated carbocycles. The van der Waals surface area contributed by atoms with E-state index in [1.807, 2.05) is 48.8 Å². The molecule has 0 saturated heterocycles. The van der Waals surface area contributed by atoms with Crippen molar-refractivity contribution in [1.82, 2.24) is 15.0 Å². The lowest BCUT2D eigenvalue weighted by Crippen LogP contribution is -1.98. The van der Waals surface area contributed by atoms with Crippen molar-refractivity contribution in [2.45, 2.75) is 0 Å². The molecule has 0 aliphatic heterocycles. The summed E-state index contributed by atoms with van der Waals surface area (Å²) in [6, 6.07) is 39.8. The molecule has 0 bridgehead atoms. The molecule has 0 N–H and O–H groups in total. The van der Waals surface area contributed by atoms with Crippen molar-refractivity contribution in [3.8, 4) is 33.6 Å². The van der Waals surface area contributed by atoms with Crippen molar-refractivity contribution in [1.29, 1.82) is 0 Å². The fraction of sp³-hybridized carbons (Fsp3) is 0. The number of hydrogen-bond donors (Lipinski definition) is 0. The van der Waals surface area contributed by atoms with Crippen LogP contribution >= 0.6 is 0 Å². The van der Waals surface area contributed by atoms with E-state index in [1.165, 1.54) is 16.3 Å². The SMILES string of the molecule is c1ccc(-c2nc3ccccc3nc2-c2c3ccccc3c(-c3cccnc3)c3ccccc23)cc1. The van der Waals surface area contributed by atoms with E-state index in [4.69, 9.17) is 9.97 Å². The quantitative estimate of drug-likeness (QED) is 0.249. The Hall–Kier alpha value is -4.89. The Bertz CT molecular complexity index is 1820. The second-order valence-corrected chi connectivity index (χ2v) is 8.86. The van der Waals surface area contributed by atoms with E-state index in [9.17, 15) is 0 Å². The Kier molecular flexibility index (Phi) is 4.78. The van der Waals surface area contributed by atoms with Crippen molar-refractivity contribution < 1.29 is 0 Å². The summed E-state index contributed by atoms with van der Waals surface area (Å²) >= 11 is 0. The molecule has 168 valence electrons. The highest BCUT2D eigenvalue weighted by Gasteiger charge is 2.21. The molecule has 36 heavy (non-hydrogen) atoms. The lowest BCUT2D eigenvalue weighted by Gasteiger charge is -2.19. The molecule has 0 spiro atoms. The summed E-state index contributed by atoms with van der Waals surface area (Å²) in [5.41, 5.74) is 8.00. The Morgan fingerprint density at radius 3 is 1.47 bits per heavy atom. The van der Waals surface area contributed by atoms with E-state index >= 15 is 0 Å². The molecule has 0 unspecified atom stereocenters. The zero-order chi connectivity index (χ0) is 23.9. The summed E-state index contributed by atoms with van der Waals surface area (Å²) in [5, 5.41) is 4.65. The van der Waals surface area contributed by atoms with Gasteiger partial charge in [-0.15, -0.1) is 0 Å². The fourth-order valence-electron chi connectivity index (χ4n) is 5.18. The third-order valence-electron chi connectivity index (χ3n) is 6.74. The number of hydrogen-bond acceptors (Lipinski definition) is 3. The number of benzene rings is 5. The second kappa shape index (κ2) is 8.40. The molecule has 2 heterocycles. The predicted octanol–water partition coefficient (Wildman–Crippen LogP) is 8.33. The topological polar surface area (TPSA) is 38.7 Å². The largest absolute Gasteiger partial charge is 0.264 e. The third-order valence-corrected chi connectivity index (χ3v) is 6.74. The van der Waals surface area contributed by atoms with Gasteiger partial charge < -0.3 is 0 Å². The number of aromatic nitrogens is 3. The van der Waals surface area contributed by atoms with Crippen molar-refractivity contribution in [2.75, 3.05) is 0 Å². The number of nitrogens with zero attached hydrogens (tertiary/aromatic N) is 3. The van der Waals surface area contributed by atoms with Crippen LogP contribution in [-0.2, 0) is 0 Å². The molecular formula is C33H21N3. The molecule has 0 aliphatic carbocycles. The van der Waals surface area contributed by atoms with Gasteiger partial charge in [0.05, 0.1) is 22.4 Å². The van der Waals surface area contributed by atoms with Gasteiger partial charge in [0.1, 0.15) is 0 Å². The van der Waals surface area contributed by atoms with Gasteiger partial charge in [-0.05, 0) is 45.3 Å². The molecule has 0 radical (unpaired) electrons. The van der Waals surface area contributed by atoms with Gasteiger partial charge in [-0.3, -0.25) is 4.98 Å². The Morgan fingerprint density at radius 2 is 0.889 bits per heavy atom. The van der Waals surface area contributed by atoms with Gasteiger partial charge in [0.15, 0.2) is 0 Å². The summed E-state index contributed by atoms with van der Waals surface area (Å²) in [5.74, 6) is 0. The summed E-state index contributed by atoms with van der Waals surface area (Å²) < 4.78 is 0. The van der Waals surface area contributed by atoms with Crippen LogP contribution in [0.2, 0.25) is 0 Å². The van der Waals surface area contributed by atoms with Crippen LogP contribution in [0.5, 0.6) is 0 Å². The number of pyridine rings is 1. The van der Waals surface area contributed by atoms with Gasteiger partial charge in [-0.2, -0.15) is 0 Å². The molecule has 0 atom stereocenters. The smallest absolute Gasteiger partial charge is 0.0985 e. The highest BCUT2D eigenvalue weighted by Crippen LogP contribution is 2.45. The zero-order valence-corrected chi connectivity index (χ0v) is 19.5. The van der Waals surface area contributed by atoms with Crippen LogP contribution in [0.4, 0.5) is 0 Å². The molecule has 0 amide bonds. The van der Waals surface area contributed by atoms with Crippen LogP contribution in [0.25, 0.3) is 66.2 Å². The third kappa shape index (κ3) is 3.25. The van der Waals surface area contributed by atoms with Crippen LogP contribution in [0.3, 0.4) is 0 Å². The Morgan fingerprint density at radius 1 is 0.389 bits per heavy atom. The van der Waals surface area contributed by atoms with E-state index in [1.54, 1.807) is 0 Å². The van der Waals surface area contributed by atoms with E-state index in [-0.39, 0.29) is 0 Å². The van der Waals surface area contributed by atoms with Crippen molar-refractivity contribution in [3.63, 3.8) is 0 Å². The maximum atomic E-state index is 5.25. The first-order valence-corrected chi connectivity index (χ1v) is 12.0. The Balaban J connectivity index is 1.68. The fourth-order valence-corrected chi connectivity index (χ4v) is 5.18. The first kappa shape index (κ1) is 20.5. The van der Waals surface area contributed by atoms with Crippen molar-refractivity contribution >= 4 is 32.6 Å². The van der Waals surface area contributed by atoms with Crippen molar-refractivity contribution in [2.24, 2.45) is 0 Å². The van der Waals surface area contributed by atoms with Crippen LogP contribution in [0, 0.1) is 0 Å². The summed E-state index contributed by atoms with van der Waals surface area (Å²) in [4.78, 5) is 14.8. The molecule has 3 heteroatoms. The van der Waals surface area contributed by atoms with E-state index in [2.05, 4.69) is 83.8 Å². The molecule has 0 fully saturated rings. The van der Waals surface area contributed by atoms with E-state index < -0.39 is 0 Å². The van der Waals surface area contributed by atoms with Crippen LogP contribution in [-0.4, -0.2) is 15.0 Å². The summed E-state index contributed by atoms with van der Waals surface area (Å²) in [7, 11) is 0. The van der Waals surface area contributed by atoms with Crippen LogP contribution in [0.1, 0.15) is 0 Å². The van der Waals surface area contributed by atoms with Gasteiger partial charge in [-0.25, -0.2) is 9.97 Å². The van der Waals surface area contributed by atoms with Crippen molar-refractivity contribution in [3.05, 3.63) is 128 Å². The monoisotopic (exact) mass is 459 g/mol. The molecule has 3 nitrogen and oxygen atoms in total. The number of fused-ring (bicyclic) bond motifs is 3. The molecule has 7 rings (SSSR count). The Labute approximate surface area is 208 Å². The minimum atomic E-state index is 0.886. The van der Waals surface area contributed by atoms with Crippen LogP contribution < -0.4 is 0 Å². The van der Waals surface area contributed by atoms with Gasteiger partial charge in [-0.1, -0.05) is 97.1 Å². The molecule has 0 aliphatic rings. The number of rotatable bonds is 3. The summed E-state index contributed by atoms with van der Waals surface area (Å²) in [6.45, 7) is 0. The van der Waals surface area contributed by atoms with E-state index in [0.717, 1.165) is 49.9 Å². The average Bonchev–Trinajstić information content (AvgIpc) is 2.96. The standard InChI is InChI=1S/C33H21N3/c1-2-11-22(12-3-1)32-33(36-29-19-9-8-18-28(29)35-32)31-26-16-6-4-14-24(26)30(23-13-10-20-34-21-23)25-15-5-7-17-27(25)31/h1-21H. The van der Waals surface area contributed by atoms with Gasteiger partial charge in [0, 0.05) is 29.1 Å². The first-order valence-electron chi connectivity index (χ1n) is 12.0. The van der Waals surface area contributed by atoms with Crippen LogP contribution in [0.15, 0.2) is 128 Å².